The number of rotatable bonds is 9. The van der Waals surface area contributed by atoms with Crippen molar-refractivity contribution in [2.75, 3.05) is 19.6 Å². The van der Waals surface area contributed by atoms with Crippen LogP contribution in [0.4, 0.5) is 0 Å². The van der Waals surface area contributed by atoms with E-state index in [9.17, 15) is 9.59 Å². The highest BCUT2D eigenvalue weighted by Crippen LogP contribution is 1.96. The van der Waals surface area contributed by atoms with Gasteiger partial charge in [-0.3, -0.25) is 9.59 Å². The van der Waals surface area contributed by atoms with Gasteiger partial charge in [-0.15, -0.1) is 0 Å². The summed E-state index contributed by atoms with van der Waals surface area (Å²) in [5.41, 5.74) is 0. The number of amides is 2. The molecule has 0 spiro atoms. The number of carbonyl (C=O) groups is 2. The lowest BCUT2D eigenvalue weighted by molar-refractivity contribution is -0.124. The van der Waals surface area contributed by atoms with Crippen LogP contribution in [0.5, 0.6) is 0 Å². The summed E-state index contributed by atoms with van der Waals surface area (Å²) in [6, 6.07) is -0.258. The van der Waals surface area contributed by atoms with Crippen molar-refractivity contribution in [3.63, 3.8) is 0 Å². The zero-order chi connectivity index (χ0) is 14.0. The predicted octanol–water partition coefficient (Wildman–Crippen LogP) is 0.653. The third-order valence-electron chi connectivity index (χ3n) is 2.59. The molecule has 0 aliphatic carbocycles. The molecule has 0 aromatic rings. The van der Waals surface area contributed by atoms with E-state index in [0.717, 1.165) is 6.42 Å². The summed E-state index contributed by atoms with van der Waals surface area (Å²) in [6.07, 6.45) is 1.38. The number of hydrogen-bond donors (Lipinski definition) is 3. The molecule has 106 valence electrons. The van der Waals surface area contributed by atoms with Crippen LogP contribution in [-0.4, -0.2) is 37.5 Å². The van der Waals surface area contributed by atoms with Crippen molar-refractivity contribution in [2.24, 2.45) is 5.92 Å². The van der Waals surface area contributed by atoms with E-state index in [2.05, 4.69) is 29.8 Å². The molecule has 0 aromatic carbocycles. The summed E-state index contributed by atoms with van der Waals surface area (Å²) >= 11 is 0. The van der Waals surface area contributed by atoms with Crippen molar-refractivity contribution in [1.29, 1.82) is 0 Å². The van der Waals surface area contributed by atoms with Gasteiger partial charge in [-0.1, -0.05) is 13.8 Å². The van der Waals surface area contributed by atoms with Crippen molar-refractivity contribution < 1.29 is 9.59 Å². The topological polar surface area (TPSA) is 70.2 Å². The van der Waals surface area contributed by atoms with Crippen molar-refractivity contribution in [3.8, 4) is 0 Å². The summed E-state index contributed by atoms with van der Waals surface area (Å²) in [5, 5.41) is 8.63. The van der Waals surface area contributed by atoms with Gasteiger partial charge in [0, 0.05) is 26.1 Å². The second kappa shape index (κ2) is 9.88. The maximum Gasteiger partial charge on any atom is 0.236 e. The SMILES string of the molecule is CCNC(=O)CCNC(C)C(=O)NCCC(C)C. The van der Waals surface area contributed by atoms with Gasteiger partial charge in [-0.25, -0.2) is 0 Å². The van der Waals surface area contributed by atoms with E-state index in [-0.39, 0.29) is 17.9 Å². The molecule has 0 aromatic heterocycles. The normalized spacial score (nSPS) is 12.3. The highest BCUT2D eigenvalue weighted by Gasteiger charge is 2.11. The molecule has 0 heterocycles. The van der Waals surface area contributed by atoms with E-state index in [1.165, 1.54) is 0 Å². The molecule has 5 heteroatoms. The van der Waals surface area contributed by atoms with Gasteiger partial charge >= 0.3 is 0 Å². The average molecular weight is 257 g/mol. The van der Waals surface area contributed by atoms with Crippen LogP contribution in [-0.2, 0) is 9.59 Å². The summed E-state index contributed by atoms with van der Waals surface area (Å²) in [7, 11) is 0. The summed E-state index contributed by atoms with van der Waals surface area (Å²) in [4.78, 5) is 22.8. The van der Waals surface area contributed by atoms with Gasteiger partial charge in [0.05, 0.1) is 6.04 Å². The molecule has 0 saturated heterocycles. The molecule has 0 fully saturated rings. The Bertz CT molecular complexity index is 255. The van der Waals surface area contributed by atoms with Gasteiger partial charge in [0.25, 0.3) is 0 Å². The Morgan fingerprint density at radius 2 is 1.72 bits per heavy atom. The standard InChI is InChI=1S/C13H27N3O2/c1-5-14-12(17)7-9-15-11(4)13(18)16-8-6-10(2)3/h10-11,15H,5-9H2,1-4H3,(H,14,17)(H,16,18). The van der Waals surface area contributed by atoms with Crippen LogP contribution in [0.2, 0.25) is 0 Å². The molecule has 0 rings (SSSR count). The zero-order valence-electron chi connectivity index (χ0n) is 12.0. The zero-order valence-corrected chi connectivity index (χ0v) is 12.0. The van der Waals surface area contributed by atoms with Gasteiger partial charge in [0.1, 0.15) is 0 Å². The Labute approximate surface area is 110 Å². The molecule has 1 unspecified atom stereocenters. The first kappa shape index (κ1) is 16.9. The Hall–Kier alpha value is -1.10. The number of carbonyl (C=O) groups excluding carboxylic acids is 2. The smallest absolute Gasteiger partial charge is 0.236 e. The van der Waals surface area contributed by atoms with E-state index in [4.69, 9.17) is 0 Å². The van der Waals surface area contributed by atoms with Crippen LogP contribution in [0.3, 0.4) is 0 Å². The van der Waals surface area contributed by atoms with Crippen molar-refractivity contribution in [3.05, 3.63) is 0 Å². The van der Waals surface area contributed by atoms with E-state index in [1.54, 1.807) is 0 Å². The van der Waals surface area contributed by atoms with Gasteiger partial charge in [0.2, 0.25) is 11.8 Å². The lowest BCUT2D eigenvalue weighted by Crippen LogP contribution is -2.43. The minimum Gasteiger partial charge on any atom is -0.356 e. The fourth-order valence-corrected chi connectivity index (χ4v) is 1.42. The Morgan fingerprint density at radius 3 is 2.28 bits per heavy atom. The first-order chi connectivity index (χ1) is 8.47. The van der Waals surface area contributed by atoms with Gasteiger partial charge in [0.15, 0.2) is 0 Å². The van der Waals surface area contributed by atoms with E-state index in [1.807, 2.05) is 13.8 Å². The fourth-order valence-electron chi connectivity index (χ4n) is 1.42. The second-order valence-electron chi connectivity index (χ2n) is 4.85. The highest BCUT2D eigenvalue weighted by atomic mass is 16.2. The first-order valence-electron chi connectivity index (χ1n) is 6.75. The molecular weight excluding hydrogens is 230 g/mol. The Morgan fingerprint density at radius 1 is 1.06 bits per heavy atom. The van der Waals surface area contributed by atoms with Crippen molar-refractivity contribution in [2.45, 2.75) is 46.6 Å². The molecule has 3 N–H and O–H groups in total. The van der Waals surface area contributed by atoms with Gasteiger partial charge in [-0.2, -0.15) is 0 Å². The lowest BCUT2D eigenvalue weighted by atomic mass is 10.1. The third kappa shape index (κ3) is 8.98. The molecule has 0 saturated carbocycles. The van der Waals surface area contributed by atoms with Crippen LogP contribution >= 0.6 is 0 Å². The molecule has 0 aliphatic heterocycles. The third-order valence-corrected chi connectivity index (χ3v) is 2.59. The number of nitrogens with one attached hydrogen (secondary N) is 3. The van der Waals surface area contributed by atoms with E-state index >= 15 is 0 Å². The van der Waals surface area contributed by atoms with E-state index < -0.39 is 0 Å². The van der Waals surface area contributed by atoms with Crippen LogP contribution in [0.15, 0.2) is 0 Å². The van der Waals surface area contributed by atoms with Crippen molar-refractivity contribution in [1.82, 2.24) is 16.0 Å². The monoisotopic (exact) mass is 257 g/mol. The minimum absolute atomic E-state index is 0.00782. The first-order valence-corrected chi connectivity index (χ1v) is 6.75. The summed E-state index contributed by atoms with van der Waals surface area (Å²) in [5.74, 6) is 0.593. The quantitative estimate of drug-likeness (QED) is 0.568. The molecule has 18 heavy (non-hydrogen) atoms. The molecule has 2 amide bonds. The van der Waals surface area contributed by atoms with Crippen LogP contribution < -0.4 is 16.0 Å². The summed E-state index contributed by atoms with van der Waals surface area (Å²) in [6.45, 7) is 9.81. The van der Waals surface area contributed by atoms with Crippen LogP contribution in [0.25, 0.3) is 0 Å². The van der Waals surface area contributed by atoms with Crippen molar-refractivity contribution >= 4 is 11.8 Å². The molecule has 0 bridgehead atoms. The largest absolute Gasteiger partial charge is 0.356 e. The molecular formula is C13H27N3O2. The number of hydrogen-bond acceptors (Lipinski definition) is 3. The molecule has 1 atom stereocenters. The maximum absolute atomic E-state index is 11.7. The molecule has 0 aliphatic rings. The molecule has 5 nitrogen and oxygen atoms in total. The lowest BCUT2D eigenvalue weighted by Gasteiger charge is -2.14. The Balaban J connectivity index is 3.64. The second-order valence-corrected chi connectivity index (χ2v) is 4.85. The van der Waals surface area contributed by atoms with Gasteiger partial charge < -0.3 is 16.0 Å². The Kier molecular flexibility index (Phi) is 9.28. The summed E-state index contributed by atoms with van der Waals surface area (Å²) < 4.78 is 0. The fraction of sp³-hybridized carbons (Fsp3) is 0.846. The maximum atomic E-state index is 11.7. The predicted molar refractivity (Wildman–Crippen MR) is 73.2 cm³/mol. The van der Waals surface area contributed by atoms with Crippen LogP contribution in [0.1, 0.15) is 40.5 Å². The average Bonchev–Trinajstić information content (AvgIpc) is 2.28. The highest BCUT2D eigenvalue weighted by molar-refractivity contribution is 5.81. The molecule has 0 radical (unpaired) electrons. The van der Waals surface area contributed by atoms with Crippen LogP contribution in [0, 0.1) is 5.92 Å². The van der Waals surface area contributed by atoms with E-state index in [0.29, 0.717) is 32.0 Å². The van der Waals surface area contributed by atoms with Gasteiger partial charge in [-0.05, 0) is 26.2 Å². The minimum atomic E-state index is -0.258.